The first-order chi connectivity index (χ1) is 17.1. The third kappa shape index (κ3) is 5.54. The summed E-state index contributed by atoms with van der Waals surface area (Å²) in [6.07, 6.45) is 1.12. The molecular weight excluding hydrogens is 480 g/mol. The number of rotatable bonds is 9. The zero-order chi connectivity index (χ0) is 24.2. The Hall–Kier alpha value is -2.84. The van der Waals surface area contributed by atoms with Crippen molar-refractivity contribution in [1.29, 1.82) is 0 Å². The first-order valence-corrected chi connectivity index (χ1v) is 12.9. The summed E-state index contributed by atoms with van der Waals surface area (Å²) in [6, 6.07) is 18.5. The highest BCUT2D eigenvalue weighted by Crippen LogP contribution is 2.40. The van der Waals surface area contributed by atoms with E-state index < -0.39 is 0 Å². The van der Waals surface area contributed by atoms with Gasteiger partial charge in [-0.1, -0.05) is 35.9 Å². The molecule has 2 heterocycles. The van der Waals surface area contributed by atoms with Crippen LogP contribution in [0.3, 0.4) is 0 Å². The van der Waals surface area contributed by atoms with E-state index in [1.807, 2.05) is 24.3 Å². The first-order valence-electron chi connectivity index (χ1n) is 11.8. The van der Waals surface area contributed by atoms with E-state index in [2.05, 4.69) is 60.0 Å². The second-order valence-electron chi connectivity index (χ2n) is 8.84. The quantitative estimate of drug-likeness (QED) is 0.263. The molecule has 1 aromatic heterocycles. The van der Waals surface area contributed by atoms with E-state index in [9.17, 15) is 0 Å². The van der Waals surface area contributed by atoms with Gasteiger partial charge in [-0.3, -0.25) is 0 Å². The molecule has 1 aliphatic rings. The SMILES string of the molecule is CN(C)CCCNCc1ccc(Nc2nsc3c(-c4ccc5c(c4)OCCO5)cccc23)c(Cl)c1. The second kappa shape index (κ2) is 10.8. The van der Waals surface area contributed by atoms with E-state index in [0.717, 1.165) is 75.8 Å². The Kier molecular flexibility index (Phi) is 7.39. The molecule has 0 radical (unpaired) electrons. The number of nitrogens with one attached hydrogen (secondary N) is 2. The van der Waals surface area contributed by atoms with Crippen LogP contribution in [0.2, 0.25) is 5.02 Å². The van der Waals surface area contributed by atoms with Gasteiger partial charge in [0, 0.05) is 17.5 Å². The lowest BCUT2D eigenvalue weighted by atomic mass is 10.0. The number of anilines is 2. The van der Waals surface area contributed by atoms with Crippen LogP contribution >= 0.6 is 23.1 Å². The van der Waals surface area contributed by atoms with E-state index in [0.29, 0.717) is 18.2 Å². The molecule has 35 heavy (non-hydrogen) atoms. The molecule has 0 atom stereocenters. The highest BCUT2D eigenvalue weighted by molar-refractivity contribution is 7.14. The van der Waals surface area contributed by atoms with Gasteiger partial charge in [0.1, 0.15) is 13.2 Å². The summed E-state index contributed by atoms with van der Waals surface area (Å²) in [5.41, 5.74) is 4.21. The highest BCUT2D eigenvalue weighted by atomic mass is 35.5. The number of nitrogens with zero attached hydrogens (tertiary/aromatic N) is 2. The van der Waals surface area contributed by atoms with Gasteiger partial charge >= 0.3 is 0 Å². The van der Waals surface area contributed by atoms with E-state index in [1.54, 1.807) is 0 Å². The van der Waals surface area contributed by atoms with Crippen molar-refractivity contribution in [2.24, 2.45) is 0 Å². The van der Waals surface area contributed by atoms with Gasteiger partial charge in [0.25, 0.3) is 0 Å². The largest absolute Gasteiger partial charge is 0.486 e. The fourth-order valence-corrected chi connectivity index (χ4v) is 5.27. The van der Waals surface area contributed by atoms with Crippen molar-refractivity contribution >= 4 is 44.7 Å². The maximum Gasteiger partial charge on any atom is 0.161 e. The van der Waals surface area contributed by atoms with Crippen LogP contribution in [0.5, 0.6) is 11.5 Å². The Morgan fingerprint density at radius 1 is 1.03 bits per heavy atom. The molecule has 0 spiro atoms. The first kappa shape index (κ1) is 23.9. The summed E-state index contributed by atoms with van der Waals surface area (Å²) in [5.74, 6) is 2.38. The lowest BCUT2D eigenvalue weighted by molar-refractivity contribution is 0.171. The van der Waals surface area contributed by atoms with Crippen molar-refractivity contribution in [3.8, 4) is 22.6 Å². The lowest BCUT2D eigenvalue weighted by Gasteiger charge is -2.19. The zero-order valence-corrected chi connectivity index (χ0v) is 21.5. The summed E-state index contributed by atoms with van der Waals surface area (Å²) in [5, 5.41) is 8.66. The lowest BCUT2D eigenvalue weighted by Crippen LogP contribution is -2.21. The number of ether oxygens (including phenoxy) is 2. The summed E-state index contributed by atoms with van der Waals surface area (Å²) in [4.78, 5) is 2.19. The maximum absolute atomic E-state index is 6.63. The zero-order valence-electron chi connectivity index (χ0n) is 19.9. The van der Waals surface area contributed by atoms with Crippen LogP contribution in [0, 0.1) is 0 Å². The van der Waals surface area contributed by atoms with Crippen molar-refractivity contribution in [3.05, 3.63) is 65.2 Å². The Morgan fingerprint density at radius 2 is 1.89 bits per heavy atom. The van der Waals surface area contributed by atoms with E-state index in [1.165, 1.54) is 11.5 Å². The number of aromatic nitrogens is 1. The minimum atomic E-state index is 0.571. The number of hydrogen-bond acceptors (Lipinski definition) is 7. The number of hydrogen-bond donors (Lipinski definition) is 2. The molecule has 2 N–H and O–H groups in total. The maximum atomic E-state index is 6.63. The average Bonchev–Trinajstić information content (AvgIpc) is 3.28. The Balaban J connectivity index is 1.32. The number of benzene rings is 3. The topological polar surface area (TPSA) is 58.7 Å². The molecule has 0 aliphatic carbocycles. The van der Waals surface area contributed by atoms with Crippen LogP contribution in [0.15, 0.2) is 54.6 Å². The van der Waals surface area contributed by atoms with Gasteiger partial charge < -0.3 is 25.0 Å². The highest BCUT2D eigenvalue weighted by Gasteiger charge is 2.16. The molecule has 0 saturated carbocycles. The average molecular weight is 509 g/mol. The summed E-state index contributed by atoms with van der Waals surface area (Å²) in [7, 11) is 4.19. The standard InChI is InChI=1S/C27H29ClN4O2S/c1-32(2)12-4-11-29-17-18-7-9-23(22(28)15-18)30-27-21-6-3-5-20(26(21)35-31-27)19-8-10-24-25(16-19)34-14-13-33-24/h3,5-10,15-16,29H,4,11-14,17H2,1-2H3,(H,30,31). The third-order valence-electron chi connectivity index (χ3n) is 5.93. The predicted octanol–water partition coefficient (Wildman–Crippen LogP) is 6.17. The molecule has 0 unspecified atom stereocenters. The van der Waals surface area contributed by atoms with Gasteiger partial charge in [-0.15, -0.1) is 0 Å². The van der Waals surface area contributed by atoms with Crippen molar-refractivity contribution in [1.82, 2.24) is 14.6 Å². The molecule has 6 nitrogen and oxygen atoms in total. The van der Waals surface area contributed by atoms with Crippen LogP contribution in [0.4, 0.5) is 11.5 Å². The molecular formula is C27H29ClN4O2S. The molecule has 0 bridgehead atoms. The Labute approximate surface area is 215 Å². The molecule has 1 aliphatic heterocycles. The van der Waals surface area contributed by atoms with Gasteiger partial charge in [-0.25, -0.2) is 0 Å². The molecule has 0 fully saturated rings. The molecule has 0 saturated heterocycles. The van der Waals surface area contributed by atoms with E-state index >= 15 is 0 Å². The van der Waals surface area contributed by atoms with Gasteiger partial charge in [-0.05, 0) is 86.6 Å². The summed E-state index contributed by atoms with van der Waals surface area (Å²) in [6.45, 7) is 4.01. The Bertz CT molecular complexity index is 1320. The Morgan fingerprint density at radius 3 is 2.71 bits per heavy atom. The van der Waals surface area contributed by atoms with Crippen molar-refractivity contribution < 1.29 is 9.47 Å². The van der Waals surface area contributed by atoms with Crippen molar-refractivity contribution in [3.63, 3.8) is 0 Å². The molecule has 4 aromatic rings. The van der Waals surface area contributed by atoms with Gasteiger partial charge in [0.15, 0.2) is 17.3 Å². The molecule has 0 amide bonds. The van der Waals surface area contributed by atoms with Gasteiger partial charge in [0.2, 0.25) is 0 Å². The normalized spacial score (nSPS) is 12.9. The minimum Gasteiger partial charge on any atom is -0.486 e. The van der Waals surface area contributed by atoms with Crippen molar-refractivity contribution in [2.75, 3.05) is 45.7 Å². The van der Waals surface area contributed by atoms with Crippen LogP contribution in [-0.4, -0.2) is 49.7 Å². The van der Waals surface area contributed by atoms with Gasteiger partial charge in [0.05, 0.1) is 15.4 Å². The smallest absolute Gasteiger partial charge is 0.161 e. The summed E-state index contributed by atoms with van der Waals surface area (Å²) >= 11 is 8.10. The molecule has 182 valence electrons. The fraction of sp³-hybridized carbons (Fsp3) is 0.296. The van der Waals surface area contributed by atoms with Crippen LogP contribution in [0.1, 0.15) is 12.0 Å². The molecule has 8 heteroatoms. The number of fused-ring (bicyclic) bond motifs is 2. The molecule has 5 rings (SSSR count). The van der Waals surface area contributed by atoms with Crippen LogP contribution in [0.25, 0.3) is 21.2 Å². The number of halogens is 1. The monoisotopic (exact) mass is 508 g/mol. The van der Waals surface area contributed by atoms with E-state index in [4.69, 9.17) is 25.4 Å². The van der Waals surface area contributed by atoms with Crippen LogP contribution in [-0.2, 0) is 6.54 Å². The van der Waals surface area contributed by atoms with Gasteiger partial charge in [-0.2, -0.15) is 4.37 Å². The third-order valence-corrected chi connectivity index (χ3v) is 7.14. The minimum absolute atomic E-state index is 0.571. The fourth-order valence-electron chi connectivity index (χ4n) is 4.14. The predicted molar refractivity (Wildman–Crippen MR) is 146 cm³/mol. The summed E-state index contributed by atoms with van der Waals surface area (Å²) < 4.78 is 17.3. The van der Waals surface area contributed by atoms with Crippen LogP contribution < -0.4 is 20.1 Å². The second-order valence-corrected chi connectivity index (χ2v) is 10.0. The molecule has 3 aromatic carbocycles. The van der Waals surface area contributed by atoms with Crippen molar-refractivity contribution in [2.45, 2.75) is 13.0 Å². The van der Waals surface area contributed by atoms with E-state index in [-0.39, 0.29) is 0 Å².